The minimum Gasteiger partial charge on any atom is -0.383 e. The highest BCUT2D eigenvalue weighted by Gasteiger charge is 2.24. The second kappa shape index (κ2) is 4.92. The van der Waals surface area contributed by atoms with Gasteiger partial charge in [0.15, 0.2) is 5.82 Å². The van der Waals surface area contributed by atoms with Gasteiger partial charge in [-0.05, 0) is 31.9 Å². The monoisotopic (exact) mass is 272 g/mol. The number of nitrogens with two attached hydrogens (primary N) is 1. The predicted molar refractivity (Wildman–Crippen MR) is 73.4 cm³/mol. The summed E-state index contributed by atoms with van der Waals surface area (Å²) >= 11 is 0. The maximum Gasteiger partial charge on any atom is 0.259 e. The largest absolute Gasteiger partial charge is 0.383 e. The zero-order chi connectivity index (χ0) is 14.1. The Morgan fingerprint density at radius 1 is 1.25 bits per heavy atom. The van der Waals surface area contributed by atoms with Crippen molar-refractivity contribution in [1.29, 1.82) is 0 Å². The second-order valence-electron chi connectivity index (χ2n) is 4.89. The Balaban J connectivity index is 1.92. The molecule has 0 atom stereocenters. The molecular weight excluding hydrogens is 256 g/mol. The van der Waals surface area contributed by atoms with Crippen LogP contribution in [0.3, 0.4) is 0 Å². The van der Waals surface area contributed by atoms with E-state index in [0.717, 1.165) is 31.6 Å². The molecule has 0 aliphatic carbocycles. The maximum absolute atomic E-state index is 12.3. The lowest BCUT2D eigenvalue weighted by Gasteiger charge is -2.14. The number of amides is 1. The quantitative estimate of drug-likeness (QED) is 0.872. The van der Waals surface area contributed by atoms with Gasteiger partial charge in [0.25, 0.3) is 5.91 Å². The van der Waals surface area contributed by atoms with Crippen LogP contribution in [-0.2, 0) is 0 Å². The van der Waals surface area contributed by atoms with Gasteiger partial charge in [-0.25, -0.2) is 0 Å². The third-order valence-corrected chi connectivity index (χ3v) is 3.43. The van der Waals surface area contributed by atoms with Crippen LogP contribution in [0.1, 0.15) is 28.9 Å². The van der Waals surface area contributed by atoms with E-state index < -0.39 is 0 Å². The van der Waals surface area contributed by atoms with Gasteiger partial charge in [-0.3, -0.25) is 4.79 Å². The first-order valence-electron chi connectivity index (χ1n) is 6.60. The van der Waals surface area contributed by atoms with Crippen molar-refractivity contribution in [2.45, 2.75) is 19.8 Å². The molecule has 3 rings (SSSR count). The van der Waals surface area contributed by atoms with Gasteiger partial charge in [-0.1, -0.05) is 0 Å². The van der Waals surface area contributed by atoms with Gasteiger partial charge in [0, 0.05) is 13.1 Å². The number of rotatable bonds is 2. The van der Waals surface area contributed by atoms with Crippen LogP contribution in [0.5, 0.6) is 0 Å². The van der Waals surface area contributed by atoms with Crippen LogP contribution in [0.15, 0.2) is 18.3 Å². The summed E-state index contributed by atoms with van der Waals surface area (Å²) in [5, 5.41) is 12.1. The van der Waals surface area contributed by atoms with E-state index in [1.807, 2.05) is 13.0 Å². The summed E-state index contributed by atoms with van der Waals surface area (Å²) in [6.45, 7) is 3.42. The lowest BCUT2D eigenvalue weighted by molar-refractivity contribution is 0.0794. The lowest BCUT2D eigenvalue weighted by Crippen LogP contribution is -2.28. The van der Waals surface area contributed by atoms with E-state index in [9.17, 15) is 4.79 Å². The molecule has 2 aromatic heterocycles. The first kappa shape index (κ1) is 12.6. The van der Waals surface area contributed by atoms with Crippen LogP contribution in [0.2, 0.25) is 0 Å². The smallest absolute Gasteiger partial charge is 0.259 e. The average molecular weight is 272 g/mol. The van der Waals surface area contributed by atoms with Crippen LogP contribution in [0.4, 0.5) is 5.82 Å². The Labute approximate surface area is 116 Å². The summed E-state index contributed by atoms with van der Waals surface area (Å²) in [5.74, 6) is 0.750. The summed E-state index contributed by atoms with van der Waals surface area (Å²) in [7, 11) is 0. The molecule has 7 heteroatoms. The number of anilines is 1. The average Bonchev–Trinajstić information content (AvgIpc) is 3.09. The van der Waals surface area contributed by atoms with Crippen molar-refractivity contribution >= 4 is 11.7 Å². The SMILES string of the molecule is Cc1ccc(-n2ncc(C(=O)N3CCCC3)c2N)nn1. The molecular formula is C13H16N6O. The van der Waals surface area contributed by atoms with Gasteiger partial charge >= 0.3 is 0 Å². The molecule has 7 nitrogen and oxygen atoms in total. The third-order valence-electron chi connectivity index (χ3n) is 3.43. The number of aromatic nitrogens is 4. The Bertz CT molecular complexity index is 627. The summed E-state index contributed by atoms with van der Waals surface area (Å²) in [4.78, 5) is 14.1. The second-order valence-corrected chi connectivity index (χ2v) is 4.89. The van der Waals surface area contributed by atoms with Gasteiger partial charge in [0.2, 0.25) is 0 Å². The van der Waals surface area contributed by atoms with Crippen LogP contribution >= 0.6 is 0 Å². The van der Waals surface area contributed by atoms with Gasteiger partial charge in [0.05, 0.1) is 11.9 Å². The fourth-order valence-corrected chi connectivity index (χ4v) is 2.30. The third kappa shape index (κ3) is 2.11. The van der Waals surface area contributed by atoms with Gasteiger partial charge in [-0.2, -0.15) is 14.9 Å². The molecule has 1 aliphatic heterocycles. The zero-order valence-corrected chi connectivity index (χ0v) is 11.3. The number of nitrogen functional groups attached to an aromatic ring is 1. The van der Waals surface area contributed by atoms with Gasteiger partial charge in [-0.15, -0.1) is 5.10 Å². The van der Waals surface area contributed by atoms with Crippen LogP contribution < -0.4 is 5.73 Å². The van der Waals surface area contributed by atoms with Crippen molar-refractivity contribution in [3.63, 3.8) is 0 Å². The van der Waals surface area contributed by atoms with Crippen molar-refractivity contribution in [2.75, 3.05) is 18.8 Å². The summed E-state index contributed by atoms with van der Waals surface area (Å²) in [5.41, 5.74) is 7.27. The minimum atomic E-state index is -0.0636. The molecule has 0 spiro atoms. The van der Waals surface area contributed by atoms with Crippen molar-refractivity contribution in [3.8, 4) is 5.82 Å². The van der Waals surface area contributed by atoms with E-state index in [2.05, 4.69) is 15.3 Å². The maximum atomic E-state index is 12.3. The van der Waals surface area contributed by atoms with E-state index in [1.165, 1.54) is 10.9 Å². The Kier molecular flexibility index (Phi) is 3.09. The van der Waals surface area contributed by atoms with E-state index in [1.54, 1.807) is 11.0 Å². The van der Waals surface area contributed by atoms with Crippen LogP contribution in [-0.4, -0.2) is 43.9 Å². The molecule has 104 valence electrons. The molecule has 0 unspecified atom stereocenters. The van der Waals surface area contributed by atoms with Crippen LogP contribution in [0.25, 0.3) is 5.82 Å². The molecule has 1 saturated heterocycles. The van der Waals surface area contributed by atoms with E-state index in [-0.39, 0.29) is 5.91 Å². The highest BCUT2D eigenvalue weighted by molar-refractivity contribution is 5.98. The molecule has 0 aromatic carbocycles. The van der Waals surface area contributed by atoms with Crippen molar-refractivity contribution in [2.24, 2.45) is 0 Å². The number of carbonyl (C=O) groups excluding carboxylic acids is 1. The highest BCUT2D eigenvalue weighted by atomic mass is 16.2. The van der Waals surface area contributed by atoms with E-state index in [4.69, 9.17) is 5.73 Å². The fraction of sp³-hybridized carbons (Fsp3) is 0.385. The summed E-state index contributed by atoms with van der Waals surface area (Å²) in [6.07, 6.45) is 3.59. The Morgan fingerprint density at radius 3 is 2.65 bits per heavy atom. The Morgan fingerprint density at radius 2 is 2.00 bits per heavy atom. The standard InChI is InChI=1S/C13H16N6O/c1-9-4-5-11(17-16-9)19-12(14)10(8-15-19)13(20)18-6-2-3-7-18/h4-5,8H,2-3,6-7,14H2,1H3. The number of aryl methyl sites for hydroxylation is 1. The van der Waals surface area contributed by atoms with Gasteiger partial charge < -0.3 is 10.6 Å². The first-order chi connectivity index (χ1) is 9.66. The molecule has 0 saturated carbocycles. The minimum absolute atomic E-state index is 0.0636. The number of nitrogens with zero attached hydrogens (tertiary/aromatic N) is 5. The van der Waals surface area contributed by atoms with Crippen molar-refractivity contribution in [3.05, 3.63) is 29.6 Å². The molecule has 1 aliphatic rings. The van der Waals surface area contributed by atoms with Crippen molar-refractivity contribution < 1.29 is 4.79 Å². The molecule has 1 amide bonds. The lowest BCUT2D eigenvalue weighted by atomic mass is 10.3. The predicted octanol–water partition coefficient (Wildman–Crippen LogP) is 0.789. The molecule has 20 heavy (non-hydrogen) atoms. The number of hydrogen-bond donors (Lipinski definition) is 1. The van der Waals surface area contributed by atoms with Crippen LogP contribution in [0, 0.1) is 6.92 Å². The molecule has 0 bridgehead atoms. The molecule has 0 radical (unpaired) electrons. The molecule has 3 heterocycles. The number of hydrogen-bond acceptors (Lipinski definition) is 5. The normalized spacial score (nSPS) is 14.8. The molecule has 1 fully saturated rings. The molecule has 2 N–H and O–H groups in total. The first-order valence-corrected chi connectivity index (χ1v) is 6.60. The number of likely N-dealkylation sites (tertiary alicyclic amines) is 1. The number of carbonyl (C=O) groups is 1. The Hall–Kier alpha value is -2.44. The fourth-order valence-electron chi connectivity index (χ4n) is 2.30. The van der Waals surface area contributed by atoms with E-state index >= 15 is 0 Å². The van der Waals surface area contributed by atoms with E-state index in [0.29, 0.717) is 17.2 Å². The zero-order valence-electron chi connectivity index (χ0n) is 11.3. The van der Waals surface area contributed by atoms with Gasteiger partial charge in [0.1, 0.15) is 11.4 Å². The summed E-state index contributed by atoms with van der Waals surface area (Å²) < 4.78 is 1.44. The molecule has 2 aromatic rings. The topological polar surface area (TPSA) is 89.9 Å². The van der Waals surface area contributed by atoms with Crippen molar-refractivity contribution in [1.82, 2.24) is 24.9 Å². The highest BCUT2D eigenvalue weighted by Crippen LogP contribution is 2.19. The summed E-state index contributed by atoms with van der Waals surface area (Å²) in [6, 6.07) is 3.60.